The molecule has 0 unspecified atom stereocenters. The fourth-order valence-electron chi connectivity index (χ4n) is 1.45. The Morgan fingerprint density at radius 3 is 2.50 bits per heavy atom. The van der Waals surface area contributed by atoms with Crippen molar-refractivity contribution in [2.24, 2.45) is 4.99 Å². The van der Waals surface area contributed by atoms with Gasteiger partial charge in [-0.3, -0.25) is 4.99 Å². The van der Waals surface area contributed by atoms with Gasteiger partial charge in [0, 0.05) is 11.2 Å². The molecule has 0 saturated heterocycles. The van der Waals surface area contributed by atoms with E-state index in [1.54, 1.807) is 0 Å². The molecule has 0 aliphatic carbocycles. The number of halogens is 1. The maximum atomic E-state index is 5.88. The molecule has 0 aliphatic heterocycles. The van der Waals surface area contributed by atoms with E-state index < -0.39 is 0 Å². The van der Waals surface area contributed by atoms with E-state index in [1.807, 2.05) is 61.7 Å². The van der Waals surface area contributed by atoms with Crippen LogP contribution in [0.3, 0.4) is 0 Å². The first-order chi connectivity index (χ1) is 7.75. The summed E-state index contributed by atoms with van der Waals surface area (Å²) in [5, 5.41) is 0.746. The van der Waals surface area contributed by atoms with E-state index >= 15 is 0 Å². The van der Waals surface area contributed by atoms with Crippen molar-refractivity contribution in [1.82, 2.24) is 0 Å². The number of hydrogen-bond acceptors (Lipinski definition) is 1. The minimum Gasteiger partial charge on any atom is -0.256 e. The van der Waals surface area contributed by atoms with Crippen LogP contribution >= 0.6 is 11.6 Å². The SMILES string of the molecule is Cc1cc(Cl)ccc1/N=C/c1ccccc1. The normalized spacial score (nSPS) is 10.9. The topological polar surface area (TPSA) is 12.4 Å². The molecule has 0 radical (unpaired) electrons. The van der Waals surface area contributed by atoms with Gasteiger partial charge in [-0.25, -0.2) is 0 Å². The van der Waals surface area contributed by atoms with Crippen LogP contribution in [0.2, 0.25) is 5.02 Å². The van der Waals surface area contributed by atoms with Crippen molar-refractivity contribution in [1.29, 1.82) is 0 Å². The summed E-state index contributed by atoms with van der Waals surface area (Å²) in [4.78, 5) is 4.43. The smallest absolute Gasteiger partial charge is 0.0660 e. The van der Waals surface area contributed by atoms with Crippen molar-refractivity contribution in [3.8, 4) is 0 Å². The number of aliphatic imine (C=N–C) groups is 1. The Morgan fingerprint density at radius 1 is 1.06 bits per heavy atom. The molecule has 1 nitrogen and oxygen atoms in total. The molecule has 0 N–H and O–H groups in total. The van der Waals surface area contributed by atoms with Gasteiger partial charge in [-0.05, 0) is 36.2 Å². The van der Waals surface area contributed by atoms with E-state index in [4.69, 9.17) is 11.6 Å². The van der Waals surface area contributed by atoms with Gasteiger partial charge < -0.3 is 0 Å². The van der Waals surface area contributed by atoms with Crippen LogP contribution in [0.25, 0.3) is 0 Å². The van der Waals surface area contributed by atoms with Crippen LogP contribution in [0.4, 0.5) is 5.69 Å². The summed E-state index contributed by atoms with van der Waals surface area (Å²) < 4.78 is 0. The predicted octanol–water partition coefficient (Wildman–Crippen LogP) is 4.40. The highest BCUT2D eigenvalue weighted by molar-refractivity contribution is 6.30. The van der Waals surface area contributed by atoms with Crippen LogP contribution in [0, 0.1) is 6.92 Å². The van der Waals surface area contributed by atoms with Crippen molar-refractivity contribution < 1.29 is 0 Å². The Balaban J connectivity index is 2.24. The Labute approximate surface area is 100 Å². The van der Waals surface area contributed by atoms with Crippen LogP contribution in [0.15, 0.2) is 53.5 Å². The maximum Gasteiger partial charge on any atom is 0.0660 e. The summed E-state index contributed by atoms with van der Waals surface area (Å²) in [7, 11) is 0. The number of aryl methyl sites for hydroxylation is 1. The maximum absolute atomic E-state index is 5.88. The molecular formula is C14H12ClN. The third kappa shape index (κ3) is 2.71. The Kier molecular flexibility index (Phi) is 3.37. The molecule has 0 fully saturated rings. The molecule has 2 aromatic carbocycles. The van der Waals surface area contributed by atoms with Gasteiger partial charge in [-0.15, -0.1) is 0 Å². The van der Waals surface area contributed by atoms with Crippen molar-refractivity contribution in [2.75, 3.05) is 0 Å². The largest absolute Gasteiger partial charge is 0.256 e. The van der Waals surface area contributed by atoms with Gasteiger partial charge in [-0.1, -0.05) is 41.9 Å². The van der Waals surface area contributed by atoms with Crippen LogP contribution in [0.1, 0.15) is 11.1 Å². The van der Waals surface area contributed by atoms with Gasteiger partial charge >= 0.3 is 0 Å². The van der Waals surface area contributed by atoms with Crippen molar-refractivity contribution in [2.45, 2.75) is 6.92 Å². The highest BCUT2D eigenvalue weighted by Gasteiger charge is 1.95. The van der Waals surface area contributed by atoms with Crippen molar-refractivity contribution in [3.05, 3.63) is 64.7 Å². The third-order valence-corrected chi connectivity index (χ3v) is 2.55. The lowest BCUT2D eigenvalue weighted by molar-refractivity contribution is 1.40. The van der Waals surface area contributed by atoms with Crippen molar-refractivity contribution >= 4 is 23.5 Å². The van der Waals surface area contributed by atoms with Crippen LogP contribution in [-0.2, 0) is 0 Å². The molecule has 0 aliphatic rings. The van der Waals surface area contributed by atoms with E-state index in [9.17, 15) is 0 Å². The van der Waals surface area contributed by atoms with Gasteiger partial charge in [0.1, 0.15) is 0 Å². The lowest BCUT2D eigenvalue weighted by atomic mass is 10.2. The monoisotopic (exact) mass is 229 g/mol. The van der Waals surface area contributed by atoms with E-state index in [1.165, 1.54) is 0 Å². The fourth-order valence-corrected chi connectivity index (χ4v) is 1.67. The zero-order chi connectivity index (χ0) is 11.4. The lowest BCUT2D eigenvalue weighted by Gasteiger charge is -1.99. The Morgan fingerprint density at radius 2 is 1.81 bits per heavy atom. The van der Waals surface area contributed by atoms with Gasteiger partial charge in [0.2, 0.25) is 0 Å². The standard InChI is InChI=1S/C14H12ClN/c1-11-9-13(15)7-8-14(11)16-10-12-5-3-2-4-6-12/h2-10H,1H3/b16-10+. The summed E-state index contributed by atoms with van der Waals surface area (Å²) in [6.45, 7) is 2.00. The van der Waals surface area contributed by atoms with Crippen molar-refractivity contribution in [3.63, 3.8) is 0 Å². The van der Waals surface area contributed by atoms with Crippen LogP contribution in [0.5, 0.6) is 0 Å². The van der Waals surface area contributed by atoms with Gasteiger partial charge in [0.15, 0.2) is 0 Å². The highest BCUT2D eigenvalue weighted by atomic mass is 35.5. The summed E-state index contributed by atoms with van der Waals surface area (Å²) in [5.41, 5.74) is 3.13. The fraction of sp³-hybridized carbons (Fsp3) is 0.0714. The first kappa shape index (κ1) is 10.9. The molecule has 0 heterocycles. The summed E-state index contributed by atoms with van der Waals surface area (Å²) in [5.74, 6) is 0. The molecule has 0 bridgehead atoms. The number of rotatable bonds is 2. The van der Waals surface area contributed by atoms with Crippen LogP contribution in [-0.4, -0.2) is 6.21 Å². The molecule has 2 rings (SSSR count). The summed E-state index contributed by atoms with van der Waals surface area (Å²) in [6.07, 6.45) is 1.86. The second kappa shape index (κ2) is 4.95. The second-order valence-corrected chi connectivity index (χ2v) is 4.04. The average molecular weight is 230 g/mol. The Hall–Kier alpha value is -1.60. The zero-order valence-corrected chi connectivity index (χ0v) is 9.78. The second-order valence-electron chi connectivity index (χ2n) is 3.60. The van der Waals surface area contributed by atoms with Gasteiger partial charge in [0.05, 0.1) is 5.69 Å². The third-order valence-electron chi connectivity index (χ3n) is 2.31. The average Bonchev–Trinajstić information content (AvgIpc) is 2.29. The molecule has 0 saturated carbocycles. The van der Waals surface area contributed by atoms with E-state index in [-0.39, 0.29) is 0 Å². The quantitative estimate of drug-likeness (QED) is 0.677. The van der Waals surface area contributed by atoms with Crippen LogP contribution < -0.4 is 0 Å². The molecular weight excluding hydrogens is 218 g/mol. The molecule has 0 amide bonds. The predicted molar refractivity (Wildman–Crippen MR) is 69.9 cm³/mol. The minimum absolute atomic E-state index is 0.746. The number of hydrogen-bond donors (Lipinski definition) is 0. The highest BCUT2D eigenvalue weighted by Crippen LogP contribution is 2.22. The molecule has 16 heavy (non-hydrogen) atoms. The van der Waals surface area contributed by atoms with Gasteiger partial charge in [0.25, 0.3) is 0 Å². The lowest BCUT2D eigenvalue weighted by Crippen LogP contribution is -1.80. The zero-order valence-electron chi connectivity index (χ0n) is 9.02. The molecule has 0 spiro atoms. The van der Waals surface area contributed by atoms with E-state index in [2.05, 4.69) is 4.99 Å². The summed E-state index contributed by atoms with van der Waals surface area (Å²) in [6, 6.07) is 15.7. The molecule has 0 aromatic heterocycles. The molecule has 0 atom stereocenters. The minimum atomic E-state index is 0.746. The van der Waals surface area contributed by atoms with E-state index in [0.29, 0.717) is 0 Å². The molecule has 2 aromatic rings. The number of nitrogens with zero attached hydrogens (tertiary/aromatic N) is 1. The van der Waals surface area contributed by atoms with E-state index in [0.717, 1.165) is 21.8 Å². The first-order valence-corrected chi connectivity index (χ1v) is 5.49. The van der Waals surface area contributed by atoms with Gasteiger partial charge in [-0.2, -0.15) is 0 Å². The first-order valence-electron chi connectivity index (χ1n) is 5.11. The molecule has 2 heteroatoms. The number of benzene rings is 2. The summed E-state index contributed by atoms with van der Waals surface area (Å²) >= 11 is 5.88. The molecule has 80 valence electrons. The Bertz CT molecular complexity index is 503.